The van der Waals surface area contributed by atoms with Gasteiger partial charge < -0.3 is 9.84 Å². The van der Waals surface area contributed by atoms with Gasteiger partial charge in [-0.15, -0.1) is 0 Å². The molecule has 0 aromatic carbocycles. The minimum Gasteiger partial charge on any atom is -0.465 e. The summed E-state index contributed by atoms with van der Waals surface area (Å²) in [4.78, 5) is 28.3. The van der Waals surface area contributed by atoms with Gasteiger partial charge in [-0.05, 0) is 0 Å². The number of β-amino-alcohol motifs (C(OH)–C–C–N with tert-alkyl or cyclic N) is 1. The van der Waals surface area contributed by atoms with Crippen molar-refractivity contribution < 1.29 is 19.4 Å². The number of anilines is 1. The first-order valence-electron chi connectivity index (χ1n) is 4.64. The number of thiazole rings is 1. The molecule has 0 radical (unpaired) electrons. The SMILES string of the molecule is COC(=O)c1cnc(N2CC(O)CC2=O)s1. The second-order valence-electron chi connectivity index (χ2n) is 3.36. The molecule has 0 bridgehead atoms. The van der Waals surface area contributed by atoms with E-state index in [0.29, 0.717) is 10.0 Å². The van der Waals surface area contributed by atoms with Gasteiger partial charge in [-0.1, -0.05) is 11.3 Å². The number of methoxy groups -OCH3 is 1. The Morgan fingerprint density at radius 2 is 2.50 bits per heavy atom. The smallest absolute Gasteiger partial charge is 0.349 e. The molecule has 7 heteroatoms. The summed E-state index contributed by atoms with van der Waals surface area (Å²) in [7, 11) is 1.28. The number of aromatic nitrogens is 1. The molecule has 1 aromatic heterocycles. The lowest BCUT2D eigenvalue weighted by atomic mass is 10.3. The van der Waals surface area contributed by atoms with E-state index in [1.54, 1.807) is 0 Å². The average Bonchev–Trinajstić information content (AvgIpc) is 2.83. The van der Waals surface area contributed by atoms with Crippen molar-refractivity contribution in [1.29, 1.82) is 0 Å². The summed E-state index contributed by atoms with van der Waals surface area (Å²) in [5.74, 6) is -0.658. The van der Waals surface area contributed by atoms with Crippen LogP contribution >= 0.6 is 11.3 Å². The lowest BCUT2D eigenvalue weighted by molar-refractivity contribution is -0.117. The third-order valence-electron chi connectivity index (χ3n) is 2.22. The molecule has 1 N–H and O–H groups in total. The van der Waals surface area contributed by atoms with Gasteiger partial charge in [0.05, 0.1) is 32.4 Å². The Morgan fingerprint density at radius 3 is 3.06 bits per heavy atom. The zero-order valence-electron chi connectivity index (χ0n) is 8.54. The molecule has 6 nitrogen and oxygen atoms in total. The average molecular weight is 242 g/mol. The van der Waals surface area contributed by atoms with Crippen LogP contribution in [0.1, 0.15) is 16.1 Å². The van der Waals surface area contributed by atoms with Crippen LogP contribution in [-0.4, -0.2) is 41.7 Å². The number of hydrogen-bond acceptors (Lipinski definition) is 6. The van der Waals surface area contributed by atoms with E-state index in [1.165, 1.54) is 18.2 Å². The Bertz CT molecular complexity index is 431. The van der Waals surface area contributed by atoms with Crippen LogP contribution in [0.15, 0.2) is 6.20 Å². The van der Waals surface area contributed by atoms with E-state index in [1.807, 2.05) is 0 Å². The third-order valence-corrected chi connectivity index (χ3v) is 3.22. The molecule has 2 heterocycles. The molecule has 2 rings (SSSR count). The van der Waals surface area contributed by atoms with Crippen LogP contribution in [0.25, 0.3) is 0 Å². The molecule has 16 heavy (non-hydrogen) atoms. The highest BCUT2D eigenvalue weighted by atomic mass is 32.1. The highest BCUT2D eigenvalue weighted by Crippen LogP contribution is 2.26. The van der Waals surface area contributed by atoms with E-state index in [-0.39, 0.29) is 18.9 Å². The van der Waals surface area contributed by atoms with Crippen LogP contribution in [0.3, 0.4) is 0 Å². The number of aliphatic hydroxyl groups excluding tert-OH is 1. The minimum atomic E-state index is -0.655. The molecule has 1 unspecified atom stereocenters. The number of esters is 1. The number of aliphatic hydroxyl groups is 1. The molecule has 0 saturated carbocycles. The molecule has 86 valence electrons. The number of carbonyl (C=O) groups is 2. The summed E-state index contributed by atoms with van der Waals surface area (Å²) in [6.07, 6.45) is 0.815. The van der Waals surface area contributed by atoms with Crippen molar-refractivity contribution in [2.75, 3.05) is 18.6 Å². The second-order valence-corrected chi connectivity index (χ2v) is 4.37. The van der Waals surface area contributed by atoms with Crippen molar-refractivity contribution in [2.24, 2.45) is 0 Å². The summed E-state index contributed by atoms with van der Waals surface area (Å²) < 4.78 is 4.54. The predicted octanol–water partition coefficient (Wildman–Crippen LogP) is 0.0273. The number of ether oxygens (including phenoxy) is 1. The fraction of sp³-hybridized carbons (Fsp3) is 0.444. The van der Waals surface area contributed by atoms with E-state index in [9.17, 15) is 14.7 Å². The summed E-state index contributed by atoms with van der Waals surface area (Å²) in [5, 5.41) is 9.73. The molecule has 1 amide bonds. The Morgan fingerprint density at radius 1 is 1.75 bits per heavy atom. The van der Waals surface area contributed by atoms with Gasteiger partial charge in [0.1, 0.15) is 4.88 Å². The quantitative estimate of drug-likeness (QED) is 0.740. The first-order valence-corrected chi connectivity index (χ1v) is 5.46. The van der Waals surface area contributed by atoms with Crippen molar-refractivity contribution in [3.63, 3.8) is 0 Å². The van der Waals surface area contributed by atoms with Gasteiger partial charge in [-0.2, -0.15) is 0 Å². The number of hydrogen-bond donors (Lipinski definition) is 1. The zero-order valence-corrected chi connectivity index (χ0v) is 9.36. The summed E-state index contributed by atoms with van der Waals surface area (Å²) in [6.45, 7) is 0.229. The highest BCUT2D eigenvalue weighted by Gasteiger charge is 2.31. The summed E-state index contributed by atoms with van der Waals surface area (Å²) in [6, 6.07) is 0. The second kappa shape index (κ2) is 4.18. The van der Waals surface area contributed by atoms with E-state index in [0.717, 1.165) is 11.3 Å². The maximum atomic E-state index is 11.5. The van der Waals surface area contributed by atoms with Crippen LogP contribution < -0.4 is 4.90 Å². The van der Waals surface area contributed by atoms with Gasteiger partial charge in [-0.3, -0.25) is 9.69 Å². The number of amides is 1. The van der Waals surface area contributed by atoms with Crippen LogP contribution in [-0.2, 0) is 9.53 Å². The lowest BCUT2D eigenvalue weighted by Crippen LogP contribution is -2.24. The van der Waals surface area contributed by atoms with Gasteiger partial charge in [0.2, 0.25) is 5.91 Å². The van der Waals surface area contributed by atoms with Crippen LogP contribution in [0.5, 0.6) is 0 Å². The van der Waals surface area contributed by atoms with E-state index in [4.69, 9.17) is 0 Å². The molecular formula is C9H10N2O4S. The van der Waals surface area contributed by atoms with Crippen LogP contribution in [0.2, 0.25) is 0 Å². The fourth-order valence-corrected chi connectivity index (χ4v) is 2.32. The van der Waals surface area contributed by atoms with Crippen molar-refractivity contribution in [3.05, 3.63) is 11.1 Å². The number of rotatable bonds is 2. The predicted molar refractivity (Wildman–Crippen MR) is 56.4 cm³/mol. The molecule has 0 aliphatic carbocycles. The fourth-order valence-electron chi connectivity index (χ4n) is 1.46. The van der Waals surface area contributed by atoms with Crippen molar-refractivity contribution in [2.45, 2.75) is 12.5 Å². The maximum Gasteiger partial charge on any atom is 0.349 e. The molecule has 1 fully saturated rings. The number of nitrogens with zero attached hydrogens (tertiary/aromatic N) is 2. The molecule has 1 saturated heterocycles. The van der Waals surface area contributed by atoms with Gasteiger partial charge >= 0.3 is 5.97 Å². The number of carbonyl (C=O) groups excluding carboxylic acids is 2. The van der Waals surface area contributed by atoms with Gasteiger partial charge in [0, 0.05) is 0 Å². The Labute approximate surface area is 95.5 Å². The van der Waals surface area contributed by atoms with Crippen LogP contribution in [0.4, 0.5) is 5.13 Å². The summed E-state index contributed by atoms with van der Waals surface area (Å²) >= 11 is 1.08. The first kappa shape index (κ1) is 11.0. The van der Waals surface area contributed by atoms with E-state index < -0.39 is 12.1 Å². The van der Waals surface area contributed by atoms with Crippen molar-refractivity contribution in [3.8, 4) is 0 Å². The minimum absolute atomic E-state index is 0.104. The monoisotopic (exact) mass is 242 g/mol. The van der Waals surface area contributed by atoms with E-state index in [2.05, 4.69) is 9.72 Å². The van der Waals surface area contributed by atoms with Gasteiger partial charge in [0.25, 0.3) is 0 Å². The molecule has 0 spiro atoms. The molecule has 1 aliphatic rings. The third kappa shape index (κ3) is 1.91. The lowest BCUT2D eigenvalue weighted by Gasteiger charge is -2.10. The zero-order chi connectivity index (χ0) is 11.7. The standard InChI is InChI=1S/C9H10N2O4S/c1-15-8(14)6-3-10-9(16-6)11-4-5(12)2-7(11)13/h3,5,12H,2,4H2,1H3. The van der Waals surface area contributed by atoms with Gasteiger partial charge in [0.15, 0.2) is 5.13 Å². The largest absolute Gasteiger partial charge is 0.465 e. The molecular weight excluding hydrogens is 232 g/mol. The molecule has 1 atom stereocenters. The topological polar surface area (TPSA) is 79.7 Å². The van der Waals surface area contributed by atoms with Crippen molar-refractivity contribution in [1.82, 2.24) is 4.98 Å². The highest BCUT2D eigenvalue weighted by molar-refractivity contribution is 7.17. The molecule has 1 aromatic rings. The normalized spacial score (nSPS) is 20.2. The molecule has 1 aliphatic heterocycles. The Balaban J connectivity index is 2.19. The summed E-state index contributed by atoms with van der Waals surface area (Å²) in [5.41, 5.74) is 0. The Kier molecular flexibility index (Phi) is 2.88. The van der Waals surface area contributed by atoms with Crippen LogP contribution in [0, 0.1) is 0 Å². The van der Waals surface area contributed by atoms with Gasteiger partial charge in [-0.25, -0.2) is 9.78 Å². The Hall–Kier alpha value is -1.47. The first-order chi connectivity index (χ1) is 7.61. The van der Waals surface area contributed by atoms with Crippen molar-refractivity contribution >= 4 is 28.3 Å². The maximum absolute atomic E-state index is 11.5. The van der Waals surface area contributed by atoms with E-state index >= 15 is 0 Å².